The second-order valence-electron chi connectivity index (χ2n) is 4.73. The second kappa shape index (κ2) is 6.30. The van der Waals surface area contributed by atoms with E-state index in [2.05, 4.69) is 5.32 Å². The summed E-state index contributed by atoms with van der Waals surface area (Å²) in [6, 6.07) is 13.3. The van der Waals surface area contributed by atoms with Gasteiger partial charge in [-0.3, -0.25) is 4.79 Å². The SMILES string of the molecule is Cc1ccc(F)cc1NC(=O)CC(N)c1ccccc1. The average Bonchev–Trinajstić information content (AvgIpc) is 2.43. The van der Waals surface area contributed by atoms with Crippen molar-refractivity contribution in [1.82, 2.24) is 0 Å². The van der Waals surface area contributed by atoms with Crippen LogP contribution in [0.15, 0.2) is 48.5 Å². The Morgan fingerprint density at radius 1 is 1.25 bits per heavy atom. The number of anilines is 1. The average molecular weight is 272 g/mol. The number of amides is 1. The van der Waals surface area contributed by atoms with E-state index in [1.807, 2.05) is 37.3 Å². The third-order valence-electron chi connectivity index (χ3n) is 3.11. The van der Waals surface area contributed by atoms with Crippen molar-refractivity contribution in [1.29, 1.82) is 0 Å². The number of hydrogen-bond acceptors (Lipinski definition) is 2. The molecule has 0 spiro atoms. The van der Waals surface area contributed by atoms with Crippen LogP contribution >= 0.6 is 0 Å². The summed E-state index contributed by atoms with van der Waals surface area (Å²) in [5, 5.41) is 2.69. The van der Waals surface area contributed by atoms with E-state index in [4.69, 9.17) is 5.73 Å². The van der Waals surface area contributed by atoms with Crippen LogP contribution in [0.4, 0.5) is 10.1 Å². The van der Waals surface area contributed by atoms with Crippen LogP contribution in [0.1, 0.15) is 23.6 Å². The molecule has 1 amide bonds. The number of carbonyl (C=O) groups excluding carboxylic acids is 1. The summed E-state index contributed by atoms with van der Waals surface area (Å²) in [4.78, 5) is 11.9. The van der Waals surface area contributed by atoms with Crippen molar-refractivity contribution in [3.05, 3.63) is 65.5 Å². The molecule has 104 valence electrons. The normalized spacial score (nSPS) is 11.9. The van der Waals surface area contributed by atoms with E-state index in [0.29, 0.717) is 5.69 Å². The second-order valence-corrected chi connectivity index (χ2v) is 4.73. The first-order valence-electron chi connectivity index (χ1n) is 6.43. The number of hydrogen-bond donors (Lipinski definition) is 2. The van der Waals surface area contributed by atoms with Gasteiger partial charge in [0.1, 0.15) is 5.82 Å². The highest BCUT2D eigenvalue weighted by molar-refractivity contribution is 5.91. The van der Waals surface area contributed by atoms with Crippen LogP contribution in [0.3, 0.4) is 0 Å². The molecule has 0 saturated heterocycles. The fourth-order valence-corrected chi connectivity index (χ4v) is 1.95. The first-order chi connectivity index (χ1) is 9.56. The van der Waals surface area contributed by atoms with E-state index in [1.54, 1.807) is 6.07 Å². The molecule has 1 unspecified atom stereocenters. The van der Waals surface area contributed by atoms with E-state index in [-0.39, 0.29) is 24.2 Å². The zero-order valence-corrected chi connectivity index (χ0v) is 11.3. The molecule has 0 aliphatic rings. The zero-order valence-electron chi connectivity index (χ0n) is 11.3. The first-order valence-corrected chi connectivity index (χ1v) is 6.43. The number of rotatable bonds is 4. The molecule has 0 radical (unpaired) electrons. The van der Waals surface area contributed by atoms with Crippen molar-refractivity contribution in [2.24, 2.45) is 5.73 Å². The Kier molecular flexibility index (Phi) is 4.48. The predicted octanol–water partition coefficient (Wildman–Crippen LogP) is 3.16. The first kappa shape index (κ1) is 14.2. The van der Waals surface area contributed by atoms with Gasteiger partial charge in [-0.05, 0) is 30.2 Å². The van der Waals surface area contributed by atoms with Crippen LogP contribution in [0.2, 0.25) is 0 Å². The number of aryl methyl sites for hydroxylation is 1. The third kappa shape index (κ3) is 3.65. The van der Waals surface area contributed by atoms with Crippen LogP contribution in [-0.4, -0.2) is 5.91 Å². The summed E-state index contributed by atoms with van der Waals surface area (Å²) in [5.41, 5.74) is 8.18. The topological polar surface area (TPSA) is 55.1 Å². The number of nitrogens with two attached hydrogens (primary N) is 1. The molecule has 0 heterocycles. The lowest BCUT2D eigenvalue weighted by atomic mass is 10.0. The lowest BCUT2D eigenvalue weighted by Gasteiger charge is -2.13. The number of nitrogens with one attached hydrogen (secondary N) is 1. The van der Waals surface area contributed by atoms with Crippen LogP contribution in [0.25, 0.3) is 0 Å². The zero-order chi connectivity index (χ0) is 14.5. The Hall–Kier alpha value is -2.20. The molecule has 2 rings (SSSR count). The minimum atomic E-state index is -0.377. The quantitative estimate of drug-likeness (QED) is 0.898. The maximum atomic E-state index is 13.1. The molecule has 2 aromatic carbocycles. The Bertz CT molecular complexity index is 599. The van der Waals surface area contributed by atoms with Gasteiger partial charge in [-0.15, -0.1) is 0 Å². The van der Waals surface area contributed by atoms with Crippen molar-refractivity contribution < 1.29 is 9.18 Å². The lowest BCUT2D eigenvalue weighted by Crippen LogP contribution is -2.21. The molecular formula is C16H17FN2O. The molecule has 0 bridgehead atoms. The molecule has 0 fully saturated rings. The molecule has 3 nitrogen and oxygen atoms in total. The number of benzene rings is 2. The molecule has 2 aromatic rings. The minimum Gasteiger partial charge on any atom is -0.326 e. The summed E-state index contributed by atoms with van der Waals surface area (Å²) in [7, 11) is 0. The van der Waals surface area contributed by atoms with E-state index in [0.717, 1.165) is 11.1 Å². The predicted molar refractivity (Wildman–Crippen MR) is 77.8 cm³/mol. The van der Waals surface area contributed by atoms with Gasteiger partial charge >= 0.3 is 0 Å². The lowest BCUT2D eigenvalue weighted by molar-refractivity contribution is -0.116. The van der Waals surface area contributed by atoms with E-state index in [9.17, 15) is 9.18 Å². The molecule has 0 aliphatic carbocycles. The van der Waals surface area contributed by atoms with E-state index < -0.39 is 0 Å². The summed E-state index contributed by atoms with van der Waals surface area (Å²) in [5.74, 6) is -0.603. The maximum Gasteiger partial charge on any atom is 0.226 e. The van der Waals surface area contributed by atoms with Gasteiger partial charge < -0.3 is 11.1 Å². The smallest absolute Gasteiger partial charge is 0.226 e. The fourth-order valence-electron chi connectivity index (χ4n) is 1.95. The van der Waals surface area contributed by atoms with E-state index in [1.165, 1.54) is 12.1 Å². The van der Waals surface area contributed by atoms with Gasteiger partial charge in [0.2, 0.25) is 5.91 Å². The highest BCUT2D eigenvalue weighted by atomic mass is 19.1. The highest BCUT2D eigenvalue weighted by Gasteiger charge is 2.12. The van der Waals surface area contributed by atoms with Gasteiger partial charge in [0.15, 0.2) is 0 Å². The van der Waals surface area contributed by atoms with Crippen LogP contribution in [0, 0.1) is 12.7 Å². The standard InChI is InChI=1S/C16H17FN2O/c1-11-7-8-13(17)9-15(11)19-16(20)10-14(18)12-5-3-2-4-6-12/h2-9,14H,10,18H2,1H3,(H,19,20). The third-order valence-corrected chi connectivity index (χ3v) is 3.11. The van der Waals surface area contributed by atoms with Crippen LogP contribution in [-0.2, 0) is 4.79 Å². The van der Waals surface area contributed by atoms with Gasteiger partial charge in [-0.2, -0.15) is 0 Å². The van der Waals surface area contributed by atoms with Gasteiger partial charge in [0.25, 0.3) is 0 Å². The van der Waals surface area contributed by atoms with E-state index >= 15 is 0 Å². The van der Waals surface area contributed by atoms with Gasteiger partial charge in [-0.1, -0.05) is 36.4 Å². The molecule has 3 N–H and O–H groups in total. The Morgan fingerprint density at radius 2 is 1.95 bits per heavy atom. The van der Waals surface area contributed by atoms with Crippen molar-refractivity contribution in [3.63, 3.8) is 0 Å². The molecular weight excluding hydrogens is 255 g/mol. The monoisotopic (exact) mass is 272 g/mol. The minimum absolute atomic E-state index is 0.153. The highest BCUT2D eigenvalue weighted by Crippen LogP contribution is 2.18. The Balaban J connectivity index is 2.01. The van der Waals surface area contributed by atoms with Crippen molar-refractivity contribution >= 4 is 11.6 Å². The molecule has 0 aromatic heterocycles. The molecule has 0 aliphatic heterocycles. The Morgan fingerprint density at radius 3 is 2.65 bits per heavy atom. The summed E-state index contributed by atoms with van der Waals surface area (Å²) >= 11 is 0. The Labute approximate surface area is 117 Å². The van der Waals surface area contributed by atoms with Crippen molar-refractivity contribution in [3.8, 4) is 0 Å². The van der Waals surface area contributed by atoms with Gasteiger partial charge in [0, 0.05) is 18.2 Å². The summed E-state index contributed by atoms with van der Waals surface area (Å²) in [6.45, 7) is 1.81. The maximum absolute atomic E-state index is 13.1. The number of carbonyl (C=O) groups is 1. The van der Waals surface area contributed by atoms with Crippen molar-refractivity contribution in [2.45, 2.75) is 19.4 Å². The fraction of sp³-hybridized carbons (Fsp3) is 0.188. The molecule has 1 atom stereocenters. The van der Waals surface area contributed by atoms with Gasteiger partial charge in [-0.25, -0.2) is 4.39 Å². The number of halogens is 1. The van der Waals surface area contributed by atoms with Crippen molar-refractivity contribution in [2.75, 3.05) is 5.32 Å². The largest absolute Gasteiger partial charge is 0.326 e. The molecule has 20 heavy (non-hydrogen) atoms. The summed E-state index contributed by atoms with van der Waals surface area (Å²) < 4.78 is 13.1. The molecule has 0 saturated carbocycles. The van der Waals surface area contributed by atoms with Crippen LogP contribution < -0.4 is 11.1 Å². The van der Waals surface area contributed by atoms with Crippen LogP contribution in [0.5, 0.6) is 0 Å². The summed E-state index contributed by atoms with van der Waals surface area (Å²) in [6.07, 6.45) is 0.153. The molecule has 4 heteroatoms. The van der Waals surface area contributed by atoms with Gasteiger partial charge in [0.05, 0.1) is 0 Å².